The Morgan fingerprint density at radius 2 is 1.90 bits per heavy atom. The average Bonchev–Trinajstić information content (AvgIpc) is 2.44. The van der Waals surface area contributed by atoms with Crippen LogP contribution in [0, 0.1) is 0 Å². The van der Waals surface area contributed by atoms with E-state index in [1.165, 1.54) is 6.42 Å². The van der Waals surface area contributed by atoms with Crippen molar-refractivity contribution in [2.24, 2.45) is 0 Å². The molecule has 5 heteroatoms. The molecule has 0 bridgehead atoms. The highest BCUT2D eigenvalue weighted by atomic mass is 16.5. The second-order valence-corrected chi connectivity index (χ2v) is 6.23. The van der Waals surface area contributed by atoms with Crippen LogP contribution >= 0.6 is 0 Å². The lowest BCUT2D eigenvalue weighted by molar-refractivity contribution is -0.908. The molecule has 2 fully saturated rings. The zero-order valence-corrected chi connectivity index (χ0v) is 13.0. The minimum Gasteiger partial charge on any atom is -0.370 e. The second kappa shape index (κ2) is 7.84. The fourth-order valence-electron chi connectivity index (χ4n) is 3.36. The van der Waals surface area contributed by atoms with Crippen LogP contribution in [-0.2, 0) is 4.74 Å². The van der Waals surface area contributed by atoms with Crippen LogP contribution in [0.15, 0.2) is 0 Å². The number of piperidine rings is 1. The molecule has 2 heterocycles. The lowest BCUT2D eigenvalue weighted by Crippen LogP contribution is -3.14. The zero-order chi connectivity index (χ0) is 14.4. The molecular formula is C15H30N3O2+. The van der Waals surface area contributed by atoms with E-state index in [1.807, 2.05) is 4.90 Å². The first-order valence-electron chi connectivity index (χ1n) is 8.16. The molecule has 0 saturated carbocycles. The van der Waals surface area contributed by atoms with Crippen LogP contribution in [0.5, 0.6) is 0 Å². The van der Waals surface area contributed by atoms with Gasteiger partial charge in [0.25, 0.3) is 0 Å². The molecule has 0 spiro atoms. The number of carbonyl (C=O) groups excluding carboxylic acids is 1. The highest BCUT2D eigenvalue weighted by Crippen LogP contribution is 2.22. The van der Waals surface area contributed by atoms with Crippen LogP contribution in [0.3, 0.4) is 0 Å². The summed E-state index contributed by atoms with van der Waals surface area (Å²) in [6.07, 6.45) is 4.57. The van der Waals surface area contributed by atoms with Gasteiger partial charge in [-0.3, -0.25) is 0 Å². The fourth-order valence-corrected chi connectivity index (χ4v) is 3.36. The summed E-state index contributed by atoms with van der Waals surface area (Å²) in [5, 5.41) is 3.10. The Morgan fingerprint density at radius 1 is 1.25 bits per heavy atom. The number of morpholine rings is 1. The molecule has 0 aromatic carbocycles. The first-order valence-corrected chi connectivity index (χ1v) is 8.16. The number of nitrogens with one attached hydrogen (secondary N) is 2. The molecule has 5 nitrogen and oxygen atoms in total. The summed E-state index contributed by atoms with van der Waals surface area (Å²) in [6, 6.07) is 0.883. The van der Waals surface area contributed by atoms with Crippen LogP contribution in [0.25, 0.3) is 0 Å². The second-order valence-electron chi connectivity index (χ2n) is 6.23. The van der Waals surface area contributed by atoms with E-state index in [-0.39, 0.29) is 6.03 Å². The van der Waals surface area contributed by atoms with Crippen molar-refractivity contribution in [2.45, 2.75) is 51.6 Å². The van der Waals surface area contributed by atoms with E-state index < -0.39 is 0 Å². The summed E-state index contributed by atoms with van der Waals surface area (Å²) in [5.41, 5.74) is 0. The van der Waals surface area contributed by atoms with Gasteiger partial charge in [-0.2, -0.15) is 0 Å². The van der Waals surface area contributed by atoms with E-state index in [0.29, 0.717) is 12.1 Å². The minimum atomic E-state index is 0.127. The molecule has 2 rings (SSSR count). The van der Waals surface area contributed by atoms with E-state index in [9.17, 15) is 4.79 Å². The number of hydrogen-bond acceptors (Lipinski definition) is 2. The molecule has 0 unspecified atom stereocenters. The largest absolute Gasteiger partial charge is 0.370 e. The van der Waals surface area contributed by atoms with Gasteiger partial charge in [-0.25, -0.2) is 4.79 Å². The number of rotatable bonds is 4. The smallest absolute Gasteiger partial charge is 0.317 e. The molecule has 0 aromatic heterocycles. The minimum absolute atomic E-state index is 0.127. The quantitative estimate of drug-likeness (QED) is 0.728. The summed E-state index contributed by atoms with van der Waals surface area (Å²) in [5.74, 6) is 0. The van der Waals surface area contributed by atoms with E-state index in [0.717, 1.165) is 58.7 Å². The molecule has 0 aliphatic carbocycles. The van der Waals surface area contributed by atoms with Crippen molar-refractivity contribution in [3.63, 3.8) is 0 Å². The monoisotopic (exact) mass is 284 g/mol. The summed E-state index contributed by atoms with van der Waals surface area (Å²) in [6.45, 7) is 10.2. The SMILES string of the molecule is C[C@@H]1CCC[C@H](C)N1C(=O)NCCC[NH+]1CCOCC1. The number of ether oxygens (including phenoxy) is 1. The summed E-state index contributed by atoms with van der Waals surface area (Å²) >= 11 is 0. The Labute approximate surface area is 122 Å². The number of carbonyl (C=O) groups is 1. The van der Waals surface area contributed by atoms with Gasteiger partial charge in [0.1, 0.15) is 13.1 Å². The van der Waals surface area contributed by atoms with Gasteiger partial charge in [0, 0.05) is 25.0 Å². The van der Waals surface area contributed by atoms with Crippen LogP contribution in [0.4, 0.5) is 4.79 Å². The van der Waals surface area contributed by atoms with Gasteiger partial charge >= 0.3 is 6.03 Å². The van der Waals surface area contributed by atoms with E-state index in [2.05, 4.69) is 19.2 Å². The van der Waals surface area contributed by atoms with Gasteiger partial charge in [0.15, 0.2) is 0 Å². The molecule has 0 radical (unpaired) electrons. The number of hydrogen-bond donors (Lipinski definition) is 2. The van der Waals surface area contributed by atoms with Crippen LogP contribution < -0.4 is 10.2 Å². The predicted octanol–water partition coefficient (Wildman–Crippen LogP) is 0.264. The third kappa shape index (κ3) is 4.35. The van der Waals surface area contributed by atoms with Crippen molar-refractivity contribution in [2.75, 3.05) is 39.4 Å². The molecule has 2 amide bonds. The molecule has 0 aromatic rings. The van der Waals surface area contributed by atoms with Crippen molar-refractivity contribution < 1.29 is 14.4 Å². The molecule has 116 valence electrons. The highest BCUT2D eigenvalue weighted by molar-refractivity contribution is 5.74. The van der Waals surface area contributed by atoms with Crippen molar-refractivity contribution in [1.82, 2.24) is 10.2 Å². The highest BCUT2D eigenvalue weighted by Gasteiger charge is 2.28. The summed E-state index contributed by atoms with van der Waals surface area (Å²) in [7, 11) is 0. The van der Waals surface area contributed by atoms with E-state index >= 15 is 0 Å². The first-order chi connectivity index (χ1) is 9.68. The number of amides is 2. The van der Waals surface area contributed by atoms with Crippen LogP contribution in [0.1, 0.15) is 39.5 Å². The Morgan fingerprint density at radius 3 is 2.55 bits per heavy atom. The molecule has 20 heavy (non-hydrogen) atoms. The number of nitrogens with zero attached hydrogens (tertiary/aromatic N) is 1. The van der Waals surface area contributed by atoms with Gasteiger partial charge in [0.05, 0.1) is 19.8 Å². The topological polar surface area (TPSA) is 46.0 Å². The number of likely N-dealkylation sites (tertiary alicyclic amines) is 1. The molecule has 2 aliphatic heterocycles. The number of quaternary nitrogens is 1. The standard InChI is InChI=1S/C15H29N3O2/c1-13-5-3-6-14(2)18(13)15(19)16-7-4-8-17-9-11-20-12-10-17/h13-14H,3-12H2,1-2H3,(H,16,19)/p+1/t13-,14+. The average molecular weight is 284 g/mol. The van der Waals surface area contributed by atoms with Crippen molar-refractivity contribution in [1.29, 1.82) is 0 Å². The van der Waals surface area contributed by atoms with Gasteiger partial charge in [-0.1, -0.05) is 0 Å². The van der Waals surface area contributed by atoms with Gasteiger partial charge in [-0.15, -0.1) is 0 Å². The van der Waals surface area contributed by atoms with Crippen LogP contribution in [0.2, 0.25) is 0 Å². The maximum absolute atomic E-state index is 12.3. The number of urea groups is 1. The Balaban J connectivity index is 1.64. The van der Waals surface area contributed by atoms with Gasteiger partial charge in [0.2, 0.25) is 0 Å². The lowest BCUT2D eigenvalue weighted by Gasteiger charge is -2.38. The van der Waals surface area contributed by atoms with Crippen molar-refractivity contribution >= 4 is 6.03 Å². The van der Waals surface area contributed by atoms with E-state index in [4.69, 9.17) is 4.74 Å². The molecule has 2 atom stereocenters. The Kier molecular flexibility index (Phi) is 6.10. The Bertz CT molecular complexity index is 295. The molecular weight excluding hydrogens is 254 g/mol. The predicted molar refractivity (Wildman–Crippen MR) is 79.0 cm³/mol. The van der Waals surface area contributed by atoms with Gasteiger partial charge < -0.3 is 19.9 Å². The maximum atomic E-state index is 12.3. The van der Waals surface area contributed by atoms with Crippen LogP contribution in [-0.4, -0.2) is 62.4 Å². The molecule has 2 N–H and O–H groups in total. The third-order valence-electron chi connectivity index (χ3n) is 4.61. The summed E-state index contributed by atoms with van der Waals surface area (Å²) < 4.78 is 5.35. The van der Waals surface area contributed by atoms with Crippen molar-refractivity contribution in [3.8, 4) is 0 Å². The fraction of sp³-hybridized carbons (Fsp3) is 0.933. The Hall–Kier alpha value is -0.810. The normalized spacial score (nSPS) is 28.4. The summed E-state index contributed by atoms with van der Waals surface area (Å²) in [4.78, 5) is 15.9. The third-order valence-corrected chi connectivity index (χ3v) is 4.61. The van der Waals surface area contributed by atoms with Gasteiger partial charge in [-0.05, 0) is 33.1 Å². The lowest BCUT2D eigenvalue weighted by atomic mass is 9.98. The molecule has 2 saturated heterocycles. The van der Waals surface area contributed by atoms with E-state index in [1.54, 1.807) is 4.90 Å². The first kappa shape index (κ1) is 15.6. The van der Waals surface area contributed by atoms with Crippen molar-refractivity contribution in [3.05, 3.63) is 0 Å². The molecule has 2 aliphatic rings. The maximum Gasteiger partial charge on any atom is 0.317 e. The zero-order valence-electron chi connectivity index (χ0n) is 13.0.